The predicted molar refractivity (Wildman–Crippen MR) is 109 cm³/mol. The van der Waals surface area contributed by atoms with Crippen molar-refractivity contribution in [1.29, 1.82) is 0 Å². The lowest BCUT2D eigenvalue weighted by Gasteiger charge is -2.07. The first-order valence-corrected chi connectivity index (χ1v) is 9.63. The lowest BCUT2D eigenvalue weighted by atomic mass is 10.2. The number of methoxy groups -OCH3 is 1. The van der Waals surface area contributed by atoms with Gasteiger partial charge < -0.3 is 14.6 Å². The quantitative estimate of drug-likeness (QED) is 0.343. The number of benzene rings is 2. The fraction of sp³-hybridized carbons (Fsp3) is 0.211. The molecule has 0 atom stereocenters. The van der Waals surface area contributed by atoms with Crippen molar-refractivity contribution in [3.63, 3.8) is 0 Å². The van der Waals surface area contributed by atoms with Gasteiger partial charge >= 0.3 is 0 Å². The molecule has 0 aliphatic carbocycles. The summed E-state index contributed by atoms with van der Waals surface area (Å²) < 4.78 is 6.91. The van der Waals surface area contributed by atoms with Crippen LogP contribution in [-0.4, -0.2) is 32.7 Å². The standard InChI is InChI=1S/C19H19N5O4S/c1-23-17(11-18(25)20-14-4-3-5-16(10-14)28-2)21-22-19(23)29-12-13-6-8-15(9-7-13)24(26)27/h3-10H,11-12H2,1-2H3,(H,20,25). The number of ether oxygens (including phenoxy) is 1. The molecule has 3 aromatic rings. The Kier molecular flexibility index (Phi) is 6.45. The number of nitrogens with zero attached hydrogens (tertiary/aromatic N) is 4. The van der Waals surface area contributed by atoms with Gasteiger partial charge in [-0.2, -0.15) is 0 Å². The van der Waals surface area contributed by atoms with Crippen molar-refractivity contribution < 1.29 is 14.5 Å². The minimum atomic E-state index is -0.428. The Morgan fingerprint density at radius 2 is 2.00 bits per heavy atom. The fourth-order valence-corrected chi connectivity index (χ4v) is 3.42. The van der Waals surface area contributed by atoms with Crippen LogP contribution in [0, 0.1) is 10.1 Å². The third-order valence-electron chi connectivity index (χ3n) is 4.11. The van der Waals surface area contributed by atoms with E-state index in [0.29, 0.717) is 28.2 Å². The maximum Gasteiger partial charge on any atom is 0.269 e. The molecule has 9 nitrogen and oxygen atoms in total. The molecule has 3 rings (SSSR count). The molecule has 0 bridgehead atoms. The van der Waals surface area contributed by atoms with Gasteiger partial charge in [0.15, 0.2) is 5.16 Å². The van der Waals surface area contributed by atoms with Crippen LogP contribution in [0.25, 0.3) is 0 Å². The predicted octanol–water partition coefficient (Wildman–Crippen LogP) is 3.21. The molecule has 29 heavy (non-hydrogen) atoms. The Balaban J connectivity index is 1.58. The van der Waals surface area contributed by atoms with E-state index < -0.39 is 4.92 Å². The van der Waals surface area contributed by atoms with E-state index in [-0.39, 0.29) is 18.0 Å². The highest BCUT2D eigenvalue weighted by molar-refractivity contribution is 7.98. The third kappa shape index (κ3) is 5.32. The number of non-ortho nitro benzene ring substituents is 1. The number of anilines is 1. The minimum Gasteiger partial charge on any atom is -0.497 e. The van der Waals surface area contributed by atoms with E-state index in [2.05, 4.69) is 15.5 Å². The zero-order valence-corrected chi connectivity index (χ0v) is 16.7. The van der Waals surface area contributed by atoms with E-state index in [1.807, 2.05) is 0 Å². The molecule has 0 saturated heterocycles. The number of carbonyl (C=O) groups is 1. The van der Waals surface area contributed by atoms with Crippen molar-refractivity contribution in [2.75, 3.05) is 12.4 Å². The first-order chi connectivity index (χ1) is 14.0. The van der Waals surface area contributed by atoms with Crippen molar-refractivity contribution in [2.24, 2.45) is 7.05 Å². The first kappa shape index (κ1) is 20.3. The summed E-state index contributed by atoms with van der Waals surface area (Å²) in [6, 6.07) is 13.5. The van der Waals surface area contributed by atoms with Gasteiger partial charge in [0, 0.05) is 36.7 Å². The fourth-order valence-electron chi connectivity index (χ4n) is 2.54. The molecular weight excluding hydrogens is 394 g/mol. The van der Waals surface area contributed by atoms with E-state index in [0.717, 1.165) is 5.56 Å². The van der Waals surface area contributed by atoms with Crippen molar-refractivity contribution in [2.45, 2.75) is 17.3 Å². The second-order valence-electron chi connectivity index (χ2n) is 6.13. The van der Waals surface area contributed by atoms with Crippen LogP contribution in [0.1, 0.15) is 11.4 Å². The van der Waals surface area contributed by atoms with Gasteiger partial charge in [-0.3, -0.25) is 14.9 Å². The van der Waals surface area contributed by atoms with Crippen LogP contribution >= 0.6 is 11.8 Å². The molecule has 1 N–H and O–H groups in total. The zero-order chi connectivity index (χ0) is 20.8. The van der Waals surface area contributed by atoms with E-state index >= 15 is 0 Å². The van der Waals surface area contributed by atoms with Gasteiger partial charge in [0.1, 0.15) is 11.6 Å². The van der Waals surface area contributed by atoms with Crippen LogP contribution in [0.15, 0.2) is 53.7 Å². The molecular formula is C19H19N5O4S. The smallest absolute Gasteiger partial charge is 0.269 e. The molecule has 0 saturated carbocycles. The Labute approximate surface area is 171 Å². The zero-order valence-electron chi connectivity index (χ0n) is 15.9. The maximum atomic E-state index is 12.3. The molecule has 150 valence electrons. The summed E-state index contributed by atoms with van der Waals surface area (Å²) in [6.07, 6.45) is 0.0821. The second kappa shape index (κ2) is 9.20. The average molecular weight is 413 g/mol. The Hall–Kier alpha value is -3.40. The van der Waals surface area contributed by atoms with Crippen molar-refractivity contribution >= 4 is 29.0 Å². The Morgan fingerprint density at radius 3 is 2.69 bits per heavy atom. The lowest BCUT2D eigenvalue weighted by Crippen LogP contribution is -2.17. The largest absolute Gasteiger partial charge is 0.497 e. The van der Waals surface area contributed by atoms with Crippen molar-refractivity contribution in [3.8, 4) is 5.75 Å². The summed E-state index contributed by atoms with van der Waals surface area (Å²) in [5.41, 5.74) is 1.63. The summed E-state index contributed by atoms with van der Waals surface area (Å²) in [5, 5.41) is 22.4. The summed E-state index contributed by atoms with van der Waals surface area (Å²) in [6.45, 7) is 0. The second-order valence-corrected chi connectivity index (χ2v) is 7.07. The summed E-state index contributed by atoms with van der Waals surface area (Å²) in [7, 11) is 3.36. The van der Waals surface area contributed by atoms with Gasteiger partial charge in [0.2, 0.25) is 5.91 Å². The number of nitro groups is 1. The maximum absolute atomic E-state index is 12.3. The Morgan fingerprint density at radius 1 is 1.24 bits per heavy atom. The molecule has 0 radical (unpaired) electrons. The highest BCUT2D eigenvalue weighted by atomic mass is 32.2. The summed E-state index contributed by atoms with van der Waals surface area (Å²) in [4.78, 5) is 22.6. The summed E-state index contributed by atoms with van der Waals surface area (Å²) >= 11 is 1.44. The monoisotopic (exact) mass is 413 g/mol. The molecule has 1 heterocycles. The molecule has 0 fully saturated rings. The number of rotatable bonds is 8. The number of hydrogen-bond acceptors (Lipinski definition) is 7. The van der Waals surface area contributed by atoms with Crippen LogP contribution in [0.4, 0.5) is 11.4 Å². The molecule has 0 unspecified atom stereocenters. The van der Waals surface area contributed by atoms with Gasteiger partial charge in [-0.1, -0.05) is 30.0 Å². The molecule has 1 amide bonds. The average Bonchev–Trinajstić information content (AvgIpc) is 3.06. The number of hydrogen-bond donors (Lipinski definition) is 1. The molecule has 0 spiro atoms. The number of nitrogens with one attached hydrogen (secondary N) is 1. The normalized spacial score (nSPS) is 10.6. The van der Waals surface area contributed by atoms with Crippen molar-refractivity contribution in [1.82, 2.24) is 14.8 Å². The van der Waals surface area contributed by atoms with Crippen LogP contribution in [0.2, 0.25) is 0 Å². The van der Waals surface area contributed by atoms with Crippen molar-refractivity contribution in [3.05, 3.63) is 70.0 Å². The minimum absolute atomic E-state index is 0.0572. The molecule has 1 aromatic heterocycles. The Bertz CT molecular complexity index is 1020. The SMILES string of the molecule is COc1cccc(NC(=O)Cc2nnc(SCc3ccc([N+](=O)[O-])cc3)n2C)c1. The third-order valence-corrected chi connectivity index (χ3v) is 5.20. The molecule has 2 aromatic carbocycles. The highest BCUT2D eigenvalue weighted by Gasteiger charge is 2.14. The molecule has 0 aliphatic heterocycles. The molecule has 0 aliphatic rings. The van der Waals surface area contributed by atoms with E-state index in [1.165, 1.54) is 23.9 Å². The first-order valence-electron chi connectivity index (χ1n) is 8.64. The van der Waals surface area contributed by atoms with Crippen LogP contribution in [0.3, 0.4) is 0 Å². The van der Waals surface area contributed by atoms with Gasteiger partial charge in [-0.05, 0) is 17.7 Å². The van der Waals surface area contributed by atoms with E-state index in [4.69, 9.17) is 4.74 Å². The number of thioether (sulfide) groups is 1. The van der Waals surface area contributed by atoms with E-state index in [9.17, 15) is 14.9 Å². The summed E-state index contributed by atoms with van der Waals surface area (Å²) in [5.74, 6) is 1.57. The lowest BCUT2D eigenvalue weighted by molar-refractivity contribution is -0.384. The number of aromatic nitrogens is 3. The number of carbonyl (C=O) groups excluding carboxylic acids is 1. The highest BCUT2D eigenvalue weighted by Crippen LogP contribution is 2.23. The number of nitro benzene ring substituents is 1. The number of amides is 1. The van der Waals surface area contributed by atoms with Gasteiger partial charge in [-0.15, -0.1) is 10.2 Å². The van der Waals surface area contributed by atoms with E-state index in [1.54, 1.807) is 55.1 Å². The van der Waals surface area contributed by atoms with Crippen LogP contribution in [0.5, 0.6) is 5.75 Å². The van der Waals surface area contributed by atoms with Gasteiger partial charge in [-0.25, -0.2) is 0 Å². The van der Waals surface area contributed by atoms with Gasteiger partial charge in [0.05, 0.1) is 18.5 Å². The van der Waals surface area contributed by atoms with Crippen LogP contribution in [-0.2, 0) is 24.0 Å². The topological polar surface area (TPSA) is 112 Å². The molecule has 10 heteroatoms. The van der Waals surface area contributed by atoms with Gasteiger partial charge in [0.25, 0.3) is 5.69 Å². The van der Waals surface area contributed by atoms with Crippen LogP contribution < -0.4 is 10.1 Å².